The van der Waals surface area contributed by atoms with Crippen molar-refractivity contribution in [3.05, 3.63) is 17.0 Å². The molecule has 1 atom stereocenters. The molecule has 1 N–H and O–H groups in total. The first kappa shape index (κ1) is 12.7. The second-order valence-electron chi connectivity index (χ2n) is 4.32. The number of rotatable bonds is 5. The van der Waals surface area contributed by atoms with Gasteiger partial charge >= 0.3 is 5.97 Å². The van der Waals surface area contributed by atoms with E-state index in [1.807, 2.05) is 25.3 Å². The van der Waals surface area contributed by atoms with Crippen LogP contribution in [0.5, 0.6) is 0 Å². The third-order valence-corrected chi connectivity index (χ3v) is 3.62. The number of carboxylic acids is 1. The number of aromatic nitrogens is 4. The van der Waals surface area contributed by atoms with E-state index < -0.39 is 5.97 Å². The van der Waals surface area contributed by atoms with Gasteiger partial charge in [-0.15, -0.1) is 16.4 Å². The van der Waals surface area contributed by atoms with Gasteiger partial charge in [0.2, 0.25) is 0 Å². The van der Waals surface area contributed by atoms with E-state index in [9.17, 15) is 4.79 Å². The van der Waals surface area contributed by atoms with Crippen molar-refractivity contribution in [2.75, 3.05) is 0 Å². The Kier molecular flexibility index (Phi) is 3.71. The zero-order valence-electron chi connectivity index (χ0n) is 10.2. The van der Waals surface area contributed by atoms with Gasteiger partial charge in [0.05, 0.1) is 4.88 Å². The molecule has 0 aliphatic carbocycles. The van der Waals surface area contributed by atoms with Crippen LogP contribution in [0.2, 0.25) is 0 Å². The summed E-state index contributed by atoms with van der Waals surface area (Å²) in [4.78, 5) is 11.7. The maximum absolute atomic E-state index is 10.6. The van der Waals surface area contributed by atoms with Crippen LogP contribution in [-0.4, -0.2) is 31.3 Å². The number of carbonyl (C=O) groups is 1. The smallest absolute Gasteiger partial charge is 0.303 e. The number of thiophene rings is 1. The van der Waals surface area contributed by atoms with Crippen molar-refractivity contribution in [1.82, 2.24) is 20.2 Å². The van der Waals surface area contributed by atoms with Crippen LogP contribution >= 0.6 is 11.3 Å². The topological polar surface area (TPSA) is 80.9 Å². The molecule has 0 fully saturated rings. The van der Waals surface area contributed by atoms with Gasteiger partial charge in [0.25, 0.3) is 0 Å². The maximum Gasteiger partial charge on any atom is 0.303 e. The highest BCUT2D eigenvalue weighted by Gasteiger charge is 2.16. The number of aryl methyl sites for hydroxylation is 1. The Morgan fingerprint density at radius 2 is 2.39 bits per heavy atom. The Labute approximate surface area is 108 Å². The number of nitrogens with zero attached hydrogens (tertiary/aromatic N) is 4. The molecule has 0 aromatic carbocycles. The first-order chi connectivity index (χ1) is 8.58. The molecule has 0 bridgehead atoms. The van der Waals surface area contributed by atoms with Gasteiger partial charge in [0.1, 0.15) is 0 Å². The largest absolute Gasteiger partial charge is 0.481 e. The van der Waals surface area contributed by atoms with Crippen molar-refractivity contribution >= 4 is 17.3 Å². The highest BCUT2D eigenvalue weighted by molar-refractivity contribution is 7.13. The minimum Gasteiger partial charge on any atom is -0.481 e. The van der Waals surface area contributed by atoms with E-state index in [4.69, 9.17) is 5.11 Å². The zero-order valence-corrected chi connectivity index (χ0v) is 11.0. The second kappa shape index (κ2) is 5.26. The lowest BCUT2D eigenvalue weighted by Crippen LogP contribution is -2.14. The van der Waals surface area contributed by atoms with Crippen LogP contribution in [-0.2, 0) is 11.3 Å². The Morgan fingerprint density at radius 1 is 1.61 bits per heavy atom. The van der Waals surface area contributed by atoms with Gasteiger partial charge in [-0.05, 0) is 40.3 Å². The Morgan fingerprint density at radius 3 is 3.00 bits per heavy atom. The van der Waals surface area contributed by atoms with Crippen LogP contribution in [0.4, 0.5) is 0 Å². The van der Waals surface area contributed by atoms with Crippen LogP contribution in [0.25, 0.3) is 10.7 Å². The van der Waals surface area contributed by atoms with Crippen LogP contribution < -0.4 is 0 Å². The molecule has 1 unspecified atom stereocenters. The standard InChI is InChI=1S/C11H14N4O2S/c1-7(5-9(16)17)6-15-11(12-13-14-15)10-8(2)3-4-18-10/h3-4,7H,5-6H2,1-2H3,(H,16,17). The van der Waals surface area contributed by atoms with Crippen molar-refractivity contribution in [2.45, 2.75) is 26.8 Å². The molecule has 2 rings (SSSR count). The third kappa shape index (κ3) is 2.73. The van der Waals surface area contributed by atoms with Gasteiger partial charge in [0.15, 0.2) is 5.82 Å². The number of aliphatic carboxylic acids is 1. The van der Waals surface area contributed by atoms with E-state index in [0.717, 1.165) is 10.4 Å². The average Bonchev–Trinajstić information content (AvgIpc) is 2.85. The van der Waals surface area contributed by atoms with Crippen LogP contribution in [0.3, 0.4) is 0 Å². The molecule has 2 aromatic rings. The third-order valence-electron chi connectivity index (χ3n) is 2.60. The summed E-state index contributed by atoms with van der Waals surface area (Å²) in [7, 11) is 0. The van der Waals surface area contributed by atoms with Crippen molar-refractivity contribution in [3.63, 3.8) is 0 Å². The summed E-state index contributed by atoms with van der Waals surface area (Å²) >= 11 is 1.58. The molecule has 0 saturated carbocycles. The Hall–Kier alpha value is -1.76. The summed E-state index contributed by atoms with van der Waals surface area (Å²) in [6, 6.07) is 2.01. The molecule has 0 spiro atoms. The lowest BCUT2D eigenvalue weighted by atomic mass is 10.1. The minimum atomic E-state index is -0.801. The molecule has 0 aliphatic heterocycles. The molecule has 2 heterocycles. The van der Waals surface area contributed by atoms with E-state index >= 15 is 0 Å². The molecule has 2 aromatic heterocycles. The summed E-state index contributed by atoms with van der Waals surface area (Å²) in [5.41, 5.74) is 1.13. The van der Waals surface area contributed by atoms with Gasteiger partial charge in [-0.2, -0.15) is 0 Å². The molecule has 96 valence electrons. The fourth-order valence-electron chi connectivity index (χ4n) is 1.75. The predicted molar refractivity (Wildman–Crippen MR) is 67.3 cm³/mol. The van der Waals surface area contributed by atoms with Crippen molar-refractivity contribution in [1.29, 1.82) is 0 Å². The van der Waals surface area contributed by atoms with Gasteiger partial charge in [-0.1, -0.05) is 6.92 Å². The number of hydrogen-bond acceptors (Lipinski definition) is 5. The fourth-order valence-corrected chi connectivity index (χ4v) is 2.66. The SMILES string of the molecule is Cc1ccsc1-c1nnnn1CC(C)CC(=O)O. The first-order valence-corrected chi connectivity index (χ1v) is 6.48. The molecular weight excluding hydrogens is 252 g/mol. The fraction of sp³-hybridized carbons (Fsp3) is 0.455. The summed E-state index contributed by atoms with van der Waals surface area (Å²) < 4.78 is 1.67. The first-order valence-electron chi connectivity index (χ1n) is 5.60. The molecule has 0 radical (unpaired) electrons. The highest BCUT2D eigenvalue weighted by Crippen LogP contribution is 2.27. The van der Waals surface area contributed by atoms with E-state index in [1.165, 1.54) is 0 Å². The number of tetrazole rings is 1. The van der Waals surface area contributed by atoms with E-state index in [0.29, 0.717) is 12.4 Å². The zero-order chi connectivity index (χ0) is 13.1. The number of carboxylic acid groups (broad SMARTS) is 1. The monoisotopic (exact) mass is 266 g/mol. The molecule has 0 amide bonds. The molecule has 7 heteroatoms. The molecule has 18 heavy (non-hydrogen) atoms. The van der Waals surface area contributed by atoms with Crippen LogP contribution in [0, 0.1) is 12.8 Å². The van der Waals surface area contributed by atoms with Gasteiger partial charge in [-0.3, -0.25) is 4.79 Å². The molecule has 6 nitrogen and oxygen atoms in total. The molecule has 0 saturated heterocycles. The maximum atomic E-state index is 10.6. The van der Waals surface area contributed by atoms with Gasteiger partial charge in [-0.25, -0.2) is 4.68 Å². The number of hydrogen-bond donors (Lipinski definition) is 1. The summed E-state index contributed by atoms with van der Waals surface area (Å²) in [5, 5.41) is 22.4. The minimum absolute atomic E-state index is 0.00924. The lowest BCUT2D eigenvalue weighted by molar-refractivity contribution is -0.138. The highest BCUT2D eigenvalue weighted by atomic mass is 32.1. The average molecular weight is 266 g/mol. The van der Waals surface area contributed by atoms with Crippen molar-refractivity contribution < 1.29 is 9.90 Å². The van der Waals surface area contributed by atoms with Gasteiger partial charge < -0.3 is 5.11 Å². The summed E-state index contributed by atoms with van der Waals surface area (Å²) in [5.74, 6) is -0.103. The normalized spacial score (nSPS) is 12.6. The van der Waals surface area contributed by atoms with E-state index in [2.05, 4.69) is 15.5 Å². The van der Waals surface area contributed by atoms with E-state index in [1.54, 1.807) is 16.0 Å². The van der Waals surface area contributed by atoms with Gasteiger partial charge in [0, 0.05) is 13.0 Å². The van der Waals surface area contributed by atoms with Crippen LogP contribution in [0.15, 0.2) is 11.4 Å². The van der Waals surface area contributed by atoms with Crippen molar-refractivity contribution in [3.8, 4) is 10.7 Å². The van der Waals surface area contributed by atoms with Crippen LogP contribution in [0.1, 0.15) is 18.9 Å². The Bertz CT molecular complexity index is 549. The quantitative estimate of drug-likeness (QED) is 0.892. The van der Waals surface area contributed by atoms with Crippen molar-refractivity contribution in [2.24, 2.45) is 5.92 Å². The summed E-state index contributed by atoms with van der Waals surface area (Å²) in [6.07, 6.45) is 0.114. The summed E-state index contributed by atoms with van der Waals surface area (Å²) in [6.45, 7) is 4.39. The molecular formula is C11H14N4O2S. The second-order valence-corrected chi connectivity index (χ2v) is 5.24. The Balaban J connectivity index is 2.18. The lowest BCUT2D eigenvalue weighted by Gasteiger charge is -2.09. The predicted octanol–water partition coefficient (Wildman–Crippen LogP) is 1.82. The molecule has 0 aliphatic rings. The van der Waals surface area contributed by atoms with E-state index in [-0.39, 0.29) is 12.3 Å².